The van der Waals surface area contributed by atoms with Crippen LogP contribution in [0.4, 0.5) is 18.9 Å². The fourth-order valence-corrected chi connectivity index (χ4v) is 2.94. The Kier molecular flexibility index (Phi) is 4.98. The topological polar surface area (TPSA) is 55.4 Å². The molecule has 23 heavy (non-hydrogen) atoms. The van der Waals surface area contributed by atoms with Gasteiger partial charge in [0.25, 0.3) is 10.0 Å². The average molecular weight is 386 g/mol. The van der Waals surface area contributed by atoms with E-state index in [0.717, 1.165) is 24.3 Å². The second-order valence-electron chi connectivity index (χ2n) is 4.25. The van der Waals surface area contributed by atoms with Crippen LogP contribution in [0.15, 0.2) is 47.4 Å². The lowest BCUT2D eigenvalue weighted by atomic mass is 10.3. The molecule has 0 amide bonds. The van der Waals surface area contributed by atoms with E-state index in [-0.39, 0.29) is 20.6 Å². The van der Waals surface area contributed by atoms with Gasteiger partial charge in [0, 0.05) is 0 Å². The van der Waals surface area contributed by atoms with Crippen molar-refractivity contribution in [2.24, 2.45) is 0 Å². The van der Waals surface area contributed by atoms with Crippen LogP contribution in [0.2, 0.25) is 10.0 Å². The highest BCUT2D eigenvalue weighted by molar-refractivity contribution is 7.92. The molecule has 0 spiro atoms. The molecule has 0 saturated heterocycles. The van der Waals surface area contributed by atoms with Crippen molar-refractivity contribution in [1.29, 1.82) is 0 Å². The van der Waals surface area contributed by atoms with Gasteiger partial charge in [-0.25, -0.2) is 8.42 Å². The van der Waals surface area contributed by atoms with Crippen molar-refractivity contribution in [3.05, 3.63) is 52.5 Å². The van der Waals surface area contributed by atoms with E-state index in [1.807, 2.05) is 0 Å². The first kappa shape index (κ1) is 17.7. The third-order valence-electron chi connectivity index (χ3n) is 2.54. The van der Waals surface area contributed by atoms with Gasteiger partial charge in [-0.2, -0.15) is 0 Å². The van der Waals surface area contributed by atoms with Crippen molar-refractivity contribution < 1.29 is 26.3 Å². The Hall–Kier alpha value is -1.64. The molecule has 2 aromatic carbocycles. The molecule has 0 aliphatic carbocycles. The minimum atomic E-state index is -4.85. The zero-order valence-electron chi connectivity index (χ0n) is 11.1. The van der Waals surface area contributed by atoms with Gasteiger partial charge < -0.3 is 4.74 Å². The summed E-state index contributed by atoms with van der Waals surface area (Å²) in [6.45, 7) is 0. The van der Waals surface area contributed by atoms with Gasteiger partial charge in [-0.15, -0.1) is 13.2 Å². The molecule has 0 fully saturated rings. The summed E-state index contributed by atoms with van der Waals surface area (Å²) in [6.07, 6.45) is -4.85. The second kappa shape index (κ2) is 6.46. The third kappa shape index (κ3) is 4.92. The maximum Gasteiger partial charge on any atom is 0.573 e. The van der Waals surface area contributed by atoms with E-state index < -0.39 is 22.1 Å². The molecule has 0 radical (unpaired) electrons. The standard InChI is InChI=1S/C13H8Cl2F3NO3S/c14-11-6-1-8(7-12(11)15)19-23(20,21)10-4-2-9(3-5-10)22-13(16,17)18/h1-7,19H. The van der Waals surface area contributed by atoms with Crippen molar-refractivity contribution in [2.45, 2.75) is 11.3 Å². The van der Waals surface area contributed by atoms with Crippen LogP contribution in [-0.2, 0) is 10.0 Å². The predicted octanol–water partition coefficient (Wildman–Crippen LogP) is 4.69. The number of hydrogen-bond acceptors (Lipinski definition) is 3. The minimum absolute atomic E-state index is 0.154. The number of anilines is 1. The summed E-state index contributed by atoms with van der Waals surface area (Å²) in [6, 6.07) is 7.88. The summed E-state index contributed by atoms with van der Waals surface area (Å²) < 4.78 is 66.4. The Balaban J connectivity index is 2.20. The van der Waals surface area contributed by atoms with Gasteiger partial charge in [-0.05, 0) is 42.5 Å². The van der Waals surface area contributed by atoms with Gasteiger partial charge in [0.15, 0.2) is 0 Å². The Morgan fingerprint density at radius 1 is 0.957 bits per heavy atom. The number of benzene rings is 2. The fourth-order valence-electron chi connectivity index (χ4n) is 1.59. The van der Waals surface area contributed by atoms with Crippen LogP contribution < -0.4 is 9.46 Å². The molecule has 10 heteroatoms. The molecule has 4 nitrogen and oxygen atoms in total. The van der Waals surface area contributed by atoms with E-state index >= 15 is 0 Å². The van der Waals surface area contributed by atoms with Crippen LogP contribution >= 0.6 is 23.2 Å². The summed E-state index contributed by atoms with van der Waals surface area (Å²) in [5, 5.41) is 0.407. The van der Waals surface area contributed by atoms with E-state index in [1.54, 1.807) is 0 Å². The Morgan fingerprint density at radius 2 is 1.57 bits per heavy atom. The zero-order chi connectivity index (χ0) is 17.3. The van der Waals surface area contributed by atoms with Crippen molar-refractivity contribution in [1.82, 2.24) is 0 Å². The summed E-state index contributed by atoms with van der Waals surface area (Å²) in [7, 11) is -3.99. The Labute approximate surface area is 139 Å². The lowest BCUT2D eigenvalue weighted by molar-refractivity contribution is -0.274. The summed E-state index contributed by atoms with van der Waals surface area (Å²) >= 11 is 11.5. The smallest absolute Gasteiger partial charge is 0.406 e. The first-order valence-corrected chi connectivity index (χ1v) is 8.14. The summed E-state index contributed by atoms with van der Waals surface area (Å²) in [4.78, 5) is -0.238. The van der Waals surface area contributed by atoms with Crippen LogP contribution in [0, 0.1) is 0 Å². The van der Waals surface area contributed by atoms with E-state index in [4.69, 9.17) is 23.2 Å². The number of nitrogens with one attached hydrogen (secondary N) is 1. The zero-order valence-corrected chi connectivity index (χ0v) is 13.4. The number of sulfonamides is 1. The van der Waals surface area contributed by atoms with E-state index in [1.165, 1.54) is 18.2 Å². The first-order chi connectivity index (χ1) is 10.6. The Morgan fingerprint density at radius 3 is 2.09 bits per heavy atom. The summed E-state index contributed by atoms with van der Waals surface area (Å²) in [5.41, 5.74) is 0.162. The maximum absolute atomic E-state index is 12.1. The average Bonchev–Trinajstić information content (AvgIpc) is 2.41. The third-order valence-corrected chi connectivity index (χ3v) is 4.68. The van der Waals surface area contributed by atoms with Crippen LogP contribution in [0.5, 0.6) is 5.75 Å². The van der Waals surface area contributed by atoms with Crippen molar-refractivity contribution in [3.8, 4) is 5.75 Å². The van der Waals surface area contributed by atoms with E-state index in [0.29, 0.717) is 0 Å². The van der Waals surface area contributed by atoms with Gasteiger partial charge >= 0.3 is 6.36 Å². The highest BCUT2D eigenvalue weighted by Crippen LogP contribution is 2.27. The molecule has 124 valence electrons. The van der Waals surface area contributed by atoms with Crippen molar-refractivity contribution in [2.75, 3.05) is 4.72 Å². The normalized spacial score (nSPS) is 12.0. The van der Waals surface area contributed by atoms with Gasteiger partial charge in [0.2, 0.25) is 0 Å². The van der Waals surface area contributed by atoms with Crippen LogP contribution in [-0.4, -0.2) is 14.8 Å². The molecule has 0 aliphatic heterocycles. The molecule has 0 saturated carbocycles. The number of alkyl halides is 3. The largest absolute Gasteiger partial charge is 0.573 e. The van der Waals surface area contributed by atoms with Gasteiger partial charge in [0.1, 0.15) is 5.75 Å². The molecule has 1 N–H and O–H groups in total. The fraction of sp³-hybridized carbons (Fsp3) is 0.0769. The molecule has 0 aliphatic rings. The van der Waals surface area contributed by atoms with E-state index in [9.17, 15) is 21.6 Å². The van der Waals surface area contributed by atoms with Crippen LogP contribution in [0.3, 0.4) is 0 Å². The SMILES string of the molecule is O=S(=O)(Nc1ccc(Cl)c(Cl)c1)c1ccc(OC(F)(F)F)cc1. The molecule has 0 aromatic heterocycles. The number of ether oxygens (including phenoxy) is 1. The Bertz CT molecular complexity index is 808. The van der Waals surface area contributed by atoms with E-state index in [2.05, 4.69) is 9.46 Å². The highest BCUT2D eigenvalue weighted by Gasteiger charge is 2.31. The molecule has 0 atom stereocenters. The first-order valence-electron chi connectivity index (χ1n) is 5.90. The molecular weight excluding hydrogens is 378 g/mol. The lowest BCUT2D eigenvalue weighted by Gasteiger charge is -2.11. The predicted molar refractivity (Wildman–Crippen MR) is 80.4 cm³/mol. The number of halogens is 5. The molecular formula is C13H8Cl2F3NO3S. The number of rotatable bonds is 4. The maximum atomic E-state index is 12.1. The molecule has 0 heterocycles. The van der Waals surface area contributed by atoms with Gasteiger partial charge in [-0.3, -0.25) is 4.72 Å². The molecule has 0 unspecified atom stereocenters. The quantitative estimate of drug-likeness (QED) is 0.830. The highest BCUT2D eigenvalue weighted by atomic mass is 35.5. The number of hydrogen-bond donors (Lipinski definition) is 1. The van der Waals surface area contributed by atoms with Crippen LogP contribution in [0.25, 0.3) is 0 Å². The lowest BCUT2D eigenvalue weighted by Crippen LogP contribution is -2.17. The minimum Gasteiger partial charge on any atom is -0.406 e. The molecule has 0 bridgehead atoms. The van der Waals surface area contributed by atoms with Crippen molar-refractivity contribution in [3.63, 3.8) is 0 Å². The van der Waals surface area contributed by atoms with Gasteiger partial charge in [-0.1, -0.05) is 23.2 Å². The van der Waals surface area contributed by atoms with Crippen molar-refractivity contribution >= 4 is 38.9 Å². The van der Waals surface area contributed by atoms with Gasteiger partial charge in [0.05, 0.1) is 20.6 Å². The summed E-state index contributed by atoms with van der Waals surface area (Å²) in [5.74, 6) is -0.522. The van der Waals surface area contributed by atoms with Crippen LogP contribution in [0.1, 0.15) is 0 Å². The molecule has 2 rings (SSSR count). The molecule has 2 aromatic rings. The monoisotopic (exact) mass is 385 g/mol. The second-order valence-corrected chi connectivity index (χ2v) is 6.75.